The Kier molecular flexibility index (Phi) is 10.1. The fourth-order valence-corrected chi connectivity index (χ4v) is 4.42. The lowest BCUT2D eigenvalue weighted by atomic mass is 10.2. The lowest BCUT2D eigenvalue weighted by Crippen LogP contribution is -1.91. The standard InChI is InChI=1S/C13H20S5/c1-16-13-3-2-11(9-17-6-4-14)8-12(13)10-18-7-5-15/h2-3,8,14-15H,4-7,9-10H2,1H3. The monoisotopic (exact) mass is 336 g/mol. The largest absolute Gasteiger partial charge is 0.179 e. The minimum atomic E-state index is 0.955. The first-order valence-corrected chi connectivity index (χ1v) is 10.6. The van der Waals surface area contributed by atoms with Gasteiger partial charge in [-0.1, -0.05) is 12.1 Å². The van der Waals surface area contributed by atoms with Crippen LogP contribution in [-0.2, 0) is 11.5 Å². The first-order valence-electron chi connectivity index (χ1n) is 5.84. The van der Waals surface area contributed by atoms with Gasteiger partial charge in [-0.25, -0.2) is 0 Å². The molecule has 5 heteroatoms. The normalized spacial score (nSPS) is 10.8. The third-order valence-electron chi connectivity index (χ3n) is 2.34. The van der Waals surface area contributed by atoms with Crippen molar-refractivity contribution < 1.29 is 0 Å². The second kappa shape index (κ2) is 10.7. The molecule has 0 atom stereocenters. The maximum Gasteiger partial charge on any atom is 0.0196 e. The van der Waals surface area contributed by atoms with Crippen molar-refractivity contribution in [2.45, 2.75) is 16.4 Å². The molecule has 0 unspecified atom stereocenters. The maximum absolute atomic E-state index is 4.26. The first-order chi connectivity index (χ1) is 8.81. The second-order valence-electron chi connectivity index (χ2n) is 3.70. The highest BCUT2D eigenvalue weighted by Crippen LogP contribution is 2.27. The number of rotatable bonds is 9. The van der Waals surface area contributed by atoms with Gasteiger partial charge in [0, 0.05) is 27.9 Å². The number of thiol groups is 2. The average Bonchev–Trinajstić information content (AvgIpc) is 2.40. The summed E-state index contributed by atoms with van der Waals surface area (Å²) in [6.45, 7) is 0. The highest BCUT2D eigenvalue weighted by atomic mass is 32.2. The van der Waals surface area contributed by atoms with E-state index in [-0.39, 0.29) is 0 Å². The van der Waals surface area contributed by atoms with Crippen molar-refractivity contribution in [3.8, 4) is 0 Å². The molecule has 0 heterocycles. The molecule has 0 aliphatic rings. The molecule has 0 aliphatic carbocycles. The topological polar surface area (TPSA) is 0 Å². The Morgan fingerprint density at radius 2 is 1.67 bits per heavy atom. The molecule has 18 heavy (non-hydrogen) atoms. The Labute approximate surface area is 135 Å². The number of hydrogen-bond acceptors (Lipinski definition) is 5. The predicted molar refractivity (Wildman–Crippen MR) is 98.3 cm³/mol. The molecule has 0 nitrogen and oxygen atoms in total. The van der Waals surface area contributed by atoms with Gasteiger partial charge in [-0.15, -0.1) is 11.8 Å². The van der Waals surface area contributed by atoms with Crippen LogP contribution < -0.4 is 0 Å². The summed E-state index contributed by atoms with van der Waals surface area (Å²) in [6, 6.07) is 6.88. The third kappa shape index (κ3) is 6.42. The van der Waals surface area contributed by atoms with Crippen LogP contribution in [0.25, 0.3) is 0 Å². The van der Waals surface area contributed by atoms with Crippen LogP contribution in [0.2, 0.25) is 0 Å². The van der Waals surface area contributed by atoms with E-state index in [2.05, 4.69) is 49.7 Å². The smallest absolute Gasteiger partial charge is 0.0196 e. The van der Waals surface area contributed by atoms with Gasteiger partial charge < -0.3 is 0 Å². The van der Waals surface area contributed by atoms with Gasteiger partial charge in [-0.05, 0) is 35.0 Å². The van der Waals surface area contributed by atoms with Gasteiger partial charge in [-0.3, -0.25) is 0 Å². The Morgan fingerprint density at radius 3 is 2.28 bits per heavy atom. The van der Waals surface area contributed by atoms with Crippen molar-refractivity contribution >= 4 is 60.5 Å². The van der Waals surface area contributed by atoms with Crippen LogP contribution in [0.3, 0.4) is 0 Å². The SMILES string of the molecule is CSc1ccc(CSCCS)cc1CSCCS. The summed E-state index contributed by atoms with van der Waals surface area (Å²) in [5.41, 5.74) is 2.90. The summed E-state index contributed by atoms with van der Waals surface area (Å²) in [5, 5.41) is 0. The van der Waals surface area contributed by atoms with Crippen LogP contribution in [0.4, 0.5) is 0 Å². The number of benzene rings is 1. The lowest BCUT2D eigenvalue weighted by molar-refractivity contribution is 1.23. The molecule has 0 spiro atoms. The molecular weight excluding hydrogens is 316 g/mol. The molecular formula is C13H20S5. The molecule has 0 amide bonds. The molecule has 0 saturated carbocycles. The van der Waals surface area contributed by atoms with Crippen molar-refractivity contribution in [3.63, 3.8) is 0 Å². The molecule has 0 bridgehead atoms. The molecule has 1 aromatic rings. The Hall–Kier alpha value is 0.970. The van der Waals surface area contributed by atoms with Gasteiger partial charge in [0.1, 0.15) is 0 Å². The lowest BCUT2D eigenvalue weighted by Gasteiger charge is -2.10. The van der Waals surface area contributed by atoms with E-state index in [1.54, 1.807) is 0 Å². The molecule has 102 valence electrons. The van der Waals surface area contributed by atoms with E-state index in [1.807, 2.05) is 35.3 Å². The second-order valence-corrected chi connectivity index (χ2v) is 7.65. The molecule has 0 fully saturated rings. The zero-order valence-corrected chi connectivity index (χ0v) is 14.8. The zero-order chi connectivity index (χ0) is 13.2. The van der Waals surface area contributed by atoms with E-state index in [0.29, 0.717) is 0 Å². The summed E-state index contributed by atoms with van der Waals surface area (Å²) >= 11 is 14.3. The Bertz CT molecular complexity index is 340. The van der Waals surface area contributed by atoms with E-state index in [1.165, 1.54) is 16.0 Å². The van der Waals surface area contributed by atoms with E-state index in [9.17, 15) is 0 Å². The van der Waals surface area contributed by atoms with E-state index < -0.39 is 0 Å². The van der Waals surface area contributed by atoms with Gasteiger partial charge >= 0.3 is 0 Å². The molecule has 0 N–H and O–H groups in total. The van der Waals surface area contributed by atoms with Crippen LogP contribution in [0, 0.1) is 0 Å². The summed E-state index contributed by atoms with van der Waals surface area (Å²) in [7, 11) is 0. The van der Waals surface area contributed by atoms with Gasteiger partial charge in [0.25, 0.3) is 0 Å². The molecule has 1 rings (SSSR count). The molecule has 0 saturated heterocycles. The minimum absolute atomic E-state index is 0.955. The Morgan fingerprint density at radius 1 is 1.00 bits per heavy atom. The minimum Gasteiger partial charge on any atom is -0.179 e. The van der Waals surface area contributed by atoms with E-state index in [4.69, 9.17) is 0 Å². The van der Waals surface area contributed by atoms with Crippen molar-refractivity contribution in [1.29, 1.82) is 0 Å². The average molecular weight is 337 g/mol. The van der Waals surface area contributed by atoms with Crippen molar-refractivity contribution in [3.05, 3.63) is 29.3 Å². The van der Waals surface area contributed by atoms with Crippen molar-refractivity contribution in [2.24, 2.45) is 0 Å². The molecule has 1 aromatic carbocycles. The number of hydrogen-bond donors (Lipinski definition) is 2. The van der Waals surface area contributed by atoms with Crippen LogP contribution >= 0.6 is 60.5 Å². The van der Waals surface area contributed by atoms with Gasteiger partial charge in [0.05, 0.1) is 0 Å². The molecule has 0 aliphatic heterocycles. The maximum atomic E-state index is 4.26. The molecule has 0 radical (unpaired) electrons. The highest BCUT2D eigenvalue weighted by Gasteiger charge is 2.04. The van der Waals surface area contributed by atoms with Crippen molar-refractivity contribution in [2.75, 3.05) is 29.3 Å². The predicted octanol–water partition coefficient (Wildman–Crippen LogP) is 4.73. The molecule has 0 aromatic heterocycles. The summed E-state index contributed by atoms with van der Waals surface area (Å²) in [4.78, 5) is 1.41. The van der Waals surface area contributed by atoms with Crippen molar-refractivity contribution in [1.82, 2.24) is 0 Å². The number of thioether (sulfide) groups is 3. The summed E-state index contributed by atoms with van der Waals surface area (Å²) < 4.78 is 0. The Balaban J connectivity index is 2.62. The van der Waals surface area contributed by atoms with Gasteiger partial charge in [0.15, 0.2) is 0 Å². The quantitative estimate of drug-likeness (QED) is 0.380. The van der Waals surface area contributed by atoms with Crippen LogP contribution in [0.1, 0.15) is 11.1 Å². The first kappa shape index (κ1) is 17.0. The summed E-state index contributed by atoms with van der Waals surface area (Å²) in [6.07, 6.45) is 2.15. The fourth-order valence-electron chi connectivity index (χ4n) is 1.54. The van der Waals surface area contributed by atoms with E-state index in [0.717, 1.165) is 34.5 Å². The highest BCUT2D eigenvalue weighted by molar-refractivity contribution is 8.00. The van der Waals surface area contributed by atoms with Gasteiger partial charge in [-0.2, -0.15) is 48.8 Å². The van der Waals surface area contributed by atoms with E-state index >= 15 is 0 Å². The fraction of sp³-hybridized carbons (Fsp3) is 0.538. The summed E-state index contributed by atoms with van der Waals surface area (Å²) in [5.74, 6) is 6.35. The van der Waals surface area contributed by atoms with Crippen LogP contribution in [0.5, 0.6) is 0 Å². The van der Waals surface area contributed by atoms with Gasteiger partial charge in [0.2, 0.25) is 0 Å². The van der Waals surface area contributed by atoms with Crippen LogP contribution in [-0.4, -0.2) is 29.3 Å². The third-order valence-corrected chi connectivity index (χ3v) is 6.27. The zero-order valence-electron chi connectivity index (χ0n) is 10.6. The van der Waals surface area contributed by atoms with Crippen LogP contribution in [0.15, 0.2) is 23.1 Å².